The molecule has 4 heteroatoms. The van der Waals surface area contributed by atoms with E-state index in [2.05, 4.69) is 18.9 Å². The summed E-state index contributed by atoms with van der Waals surface area (Å²) in [6.45, 7) is 5.37. The second-order valence-corrected chi connectivity index (χ2v) is 6.83. The van der Waals surface area contributed by atoms with Crippen LogP contribution in [0.25, 0.3) is 0 Å². The van der Waals surface area contributed by atoms with Crippen molar-refractivity contribution in [3.05, 3.63) is 0 Å². The highest BCUT2D eigenvalue weighted by Crippen LogP contribution is 2.33. The molecule has 0 spiro atoms. The van der Waals surface area contributed by atoms with Crippen molar-refractivity contribution in [2.24, 2.45) is 11.8 Å². The van der Waals surface area contributed by atoms with E-state index in [0.717, 1.165) is 18.3 Å². The maximum Gasteiger partial charge on any atom is 0.407 e. The SMILES string of the molecule is CCCN(C)CCCC1CCC(CCN(C)C(=O)O)CC1. The number of hydrogen-bond acceptors (Lipinski definition) is 2. The fourth-order valence-corrected chi connectivity index (χ4v) is 3.42. The number of rotatable bonds is 9. The van der Waals surface area contributed by atoms with Gasteiger partial charge in [0.1, 0.15) is 0 Å². The van der Waals surface area contributed by atoms with Crippen LogP contribution in [0, 0.1) is 11.8 Å². The van der Waals surface area contributed by atoms with Gasteiger partial charge in [-0.05, 0) is 57.7 Å². The second kappa shape index (κ2) is 10.0. The van der Waals surface area contributed by atoms with Gasteiger partial charge >= 0.3 is 6.09 Å². The van der Waals surface area contributed by atoms with Crippen LogP contribution in [0.4, 0.5) is 4.79 Å². The van der Waals surface area contributed by atoms with Crippen LogP contribution in [0.2, 0.25) is 0 Å². The lowest BCUT2D eigenvalue weighted by Gasteiger charge is -2.29. The third-order valence-corrected chi connectivity index (χ3v) is 4.92. The van der Waals surface area contributed by atoms with Gasteiger partial charge in [-0.25, -0.2) is 4.79 Å². The summed E-state index contributed by atoms with van der Waals surface area (Å²) in [5.74, 6) is 1.65. The summed E-state index contributed by atoms with van der Waals surface area (Å²) >= 11 is 0. The Bertz CT molecular complexity index is 289. The van der Waals surface area contributed by atoms with Gasteiger partial charge in [0.25, 0.3) is 0 Å². The van der Waals surface area contributed by atoms with E-state index in [4.69, 9.17) is 5.11 Å². The van der Waals surface area contributed by atoms with E-state index in [0.29, 0.717) is 6.54 Å². The lowest BCUT2D eigenvalue weighted by atomic mass is 9.78. The average Bonchev–Trinajstić information content (AvgIpc) is 2.46. The fourth-order valence-electron chi connectivity index (χ4n) is 3.42. The summed E-state index contributed by atoms with van der Waals surface area (Å²) < 4.78 is 0. The molecule has 0 unspecified atom stereocenters. The molecule has 0 atom stereocenters. The smallest absolute Gasteiger partial charge is 0.407 e. The minimum atomic E-state index is -0.806. The second-order valence-electron chi connectivity index (χ2n) is 6.83. The number of nitrogens with zero attached hydrogens (tertiary/aromatic N) is 2. The van der Waals surface area contributed by atoms with Crippen LogP contribution in [0.5, 0.6) is 0 Å². The topological polar surface area (TPSA) is 43.8 Å². The number of carboxylic acid groups (broad SMARTS) is 1. The maximum absolute atomic E-state index is 10.8. The predicted molar refractivity (Wildman–Crippen MR) is 87.7 cm³/mol. The average molecular weight is 298 g/mol. The predicted octanol–water partition coefficient (Wildman–Crippen LogP) is 3.91. The van der Waals surface area contributed by atoms with Gasteiger partial charge in [0.15, 0.2) is 0 Å². The van der Waals surface area contributed by atoms with Gasteiger partial charge in [-0.2, -0.15) is 0 Å². The highest BCUT2D eigenvalue weighted by molar-refractivity contribution is 5.64. The van der Waals surface area contributed by atoms with Gasteiger partial charge in [-0.15, -0.1) is 0 Å². The first-order chi connectivity index (χ1) is 10.0. The van der Waals surface area contributed by atoms with E-state index in [1.165, 1.54) is 62.9 Å². The van der Waals surface area contributed by atoms with Crippen LogP contribution >= 0.6 is 0 Å². The minimum Gasteiger partial charge on any atom is -0.465 e. The first-order valence-corrected chi connectivity index (χ1v) is 8.65. The maximum atomic E-state index is 10.8. The molecule has 1 saturated carbocycles. The summed E-state index contributed by atoms with van der Waals surface area (Å²) in [5.41, 5.74) is 0. The summed E-state index contributed by atoms with van der Waals surface area (Å²) in [7, 11) is 3.89. The Hall–Kier alpha value is -0.770. The zero-order chi connectivity index (χ0) is 15.7. The molecule has 1 fully saturated rings. The lowest BCUT2D eigenvalue weighted by Crippen LogP contribution is -2.28. The van der Waals surface area contributed by atoms with E-state index < -0.39 is 6.09 Å². The standard InChI is InChI=1S/C17H34N2O2/c1-4-12-18(2)13-5-6-15-7-9-16(10-8-15)11-14-19(3)17(20)21/h15-16H,4-14H2,1-3H3,(H,20,21). The highest BCUT2D eigenvalue weighted by atomic mass is 16.4. The molecule has 0 aliphatic heterocycles. The van der Waals surface area contributed by atoms with Gasteiger partial charge < -0.3 is 14.9 Å². The third-order valence-electron chi connectivity index (χ3n) is 4.92. The molecule has 0 saturated heterocycles. The Morgan fingerprint density at radius 3 is 2.10 bits per heavy atom. The first kappa shape index (κ1) is 18.3. The van der Waals surface area contributed by atoms with Crippen molar-refractivity contribution < 1.29 is 9.90 Å². The van der Waals surface area contributed by atoms with E-state index in [-0.39, 0.29) is 0 Å². The van der Waals surface area contributed by atoms with E-state index in [1.54, 1.807) is 7.05 Å². The molecule has 4 nitrogen and oxygen atoms in total. The van der Waals surface area contributed by atoms with Crippen molar-refractivity contribution in [2.45, 2.75) is 58.3 Å². The Labute approximate surface area is 130 Å². The Morgan fingerprint density at radius 1 is 1.00 bits per heavy atom. The molecule has 0 aromatic rings. The van der Waals surface area contributed by atoms with Gasteiger partial charge in [0, 0.05) is 13.6 Å². The summed E-state index contributed by atoms with van der Waals surface area (Å²) in [4.78, 5) is 14.6. The van der Waals surface area contributed by atoms with Crippen LogP contribution in [0.3, 0.4) is 0 Å². The monoisotopic (exact) mass is 298 g/mol. The molecule has 1 amide bonds. The summed E-state index contributed by atoms with van der Waals surface area (Å²) in [6.07, 6.45) is 9.45. The zero-order valence-corrected chi connectivity index (χ0v) is 14.2. The molecule has 1 rings (SSSR count). The summed E-state index contributed by atoms with van der Waals surface area (Å²) in [6, 6.07) is 0. The Balaban J connectivity index is 2.08. The van der Waals surface area contributed by atoms with Crippen LogP contribution in [0.1, 0.15) is 58.3 Å². The number of amides is 1. The first-order valence-electron chi connectivity index (χ1n) is 8.65. The number of hydrogen-bond donors (Lipinski definition) is 1. The molecule has 124 valence electrons. The van der Waals surface area contributed by atoms with E-state index >= 15 is 0 Å². The van der Waals surface area contributed by atoms with Crippen molar-refractivity contribution in [1.82, 2.24) is 9.80 Å². The van der Waals surface area contributed by atoms with Crippen molar-refractivity contribution >= 4 is 6.09 Å². The van der Waals surface area contributed by atoms with Crippen molar-refractivity contribution in [2.75, 3.05) is 33.7 Å². The van der Waals surface area contributed by atoms with Gasteiger partial charge in [0.2, 0.25) is 0 Å². The van der Waals surface area contributed by atoms with Crippen molar-refractivity contribution in [3.8, 4) is 0 Å². The van der Waals surface area contributed by atoms with E-state index in [1.807, 2.05) is 0 Å². The van der Waals surface area contributed by atoms with Crippen LogP contribution in [-0.2, 0) is 0 Å². The third kappa shape index (κ3) is 7.70. The lowest BCUT2D eigenvalue weighted by molar-refractivity contribution is 0.149. The van der Waals surface area contributed by atoms with E-state index in [9.17, 15) is 4.79 Å². The Morgan fingerprint density at radius 2 is 1.57 bits per heavy atom. The van der Waals surface area contributed by atoms with Crippen molar-refractivity contribution in [3.63, 3.8) is 0 Å². The molecule has 21 heavy (non-hydrogen) atoms. The quantitative estimate of drug-likeness (QED) is 0.702. The van der Waals surface area contributed by atoms with Crippen LogP contribution < -0.4 is 0 Å². The normalized spacial score (nSPS) is 22.5. The molecular formula is C17H34N2O2. The fraction of sp³-hybridized carbons (Fsp3) is 0.941. The molecule has 0 bridgehead atoms. The Kier molecular flexibility index (Phi) is 8.74. The molecule has 1 aliphatic rings. The van der Waals surface area contributed by atoms with Gasteiger partial charge in [0.05, 0.1) is 0 Å². The zero-order valence-electron chi connectivity index (χ0n) is 14.2. The van der Waals surface area contributed by atoms with Gasteiger partial charge in [-0.1, -0.05) is 32.6 Å². The van der Waals surface area contributed by atoms with Crippen molar-refractivity contribution in [1.29, 1.82) is 0 Å². The number of carbonyl (C=O) groups is 1. The van der Waals surface area contributed by atoms with Crippen LogP contribution in [0.15, 0.2) is 0 Å². The molecule has 0 heterocycles. The summed E-state index contributed by atoms with van der Waals surface area (Å²) in [5, 5.41) is 8.86. The molecule has 0 radical (unpaired) electrons. The molecular weight excluding hydrogens is 264 g/mol. The largest absolute Gasteiger partial charge is 0.465 e. The minimum absolute atomic E-state index is 0.687. The van der Waals surface area contributed by atoms with Crippen LogP contribution in [-0.4, -0.2) is 54.7 Å². The molecule has 1 aliphatic carbocycles. The molecule has 0 aromatic carbocycles. The molecule has 0 aromatic heterocycles. The highest BCUT2D eigenvalue weighted by Gasteiger charge is 2.21. The van der Waals surface area contributed by atoms with Gasteiger partial charge in [-0.3, -0.25) is 0 Å². The molecule has 1 N–H and O–H groups in total.